The van der Waals surface area contributed by atoms with Gasteiger partial charge in [-0.2, -0.15) is 9.36 Å². The minimum absolute atomic E-state index is 0.0714. The zero-order valence-corrected chi connectivity index (χ0v) is 18.3. The second kappa shape index (κ2) is 8.72. The number of β-lactam (4-membered cyclic amide) rings is 1. The van der Waals surface area contributed by atoms with Crippen molar-refractivity contribution in [2.75, 3.05) is 5.73 Å². The number of rotatable bonds is 6. The van der Waals surface area contributed by atoms with Gasteiger partial charge in [0.05, 0.1) is 11.1 Å². The minimum atomic E-state index is -1.27. The van der Waals surface area contributed by atoms with Crippen molar-refractivity contribution in [2.24, 2.45) is 5.16 Å². The lowest BCUT2D eigenvalue weighted by atomic mass is 9.86. The van der Waals surface area contributed by atoms with E-state index in [-0.39, 0.29) is 16.7 Å². The van der Waals surface area contributed by atoms with Crippen LogP contribution < -0.4 is 11.1 Å². The Hall–Kier alpha value is -3.23. The maximum absolute atomic E-state index is 12.8. The van der Waals surface area contributed by atoms with Gasteiger partial charge in [-0.3, -0.25) is 19.5 Å². The van der Waals surface area contributed by atoms with E-state index in [0.717, 1.165) is 28.2 Å². The monoisotopic (exact) mass is 495 g/mol. The van der Waals surface area contributed by atoms with Gasteiger partial charge in [-0.1, -0.05) is 28.5 Å². The maximum Gasteiger partial charge on any atom is 0.353 e. The number of carboxylic acids is 1. The van der Waals surface area contributed by atoms with E-state index in [2.05, 4.69) is 24.8 Å². The molecule has 2 aliphatic rings. The van der Waals surface area contributed by atoms with Crippen LogP contribution in [0.1, 0.15) is 18.7 Å². The third-order valence-corrected chi connectivity index (χ3v) is 6.99. The summed E-state index contributed by atoms with van der Waals surface area (Å²) >= 11 is 8.09. The summed E-state index contributed by atoms with van der Waals surface area (Å²) in [6.07, 6.45) is 3.79. The number of nitrogen functional groups attached to an aromatic ring is 1. The molecule has 166 valence electrons. The first kappa shape index (κ1) is 22.0. The second-order valence-corrected chi connectivity index (χ2v) is 8.98. The molecule has 5 N–H and O–H groups in total. The number of pyridine rings is 1. The summed E-state index contributed by atoms with van der Waals surface area (Å²) in [6.45, 7) is 0. The Bertz CT molecular complexity index is 1180. The van der Waals surface area contributed by atoms with E-state index in [1.54, 1.807) is 6.07 Å². The van der Waals surface area contributed by atoms with Gasteiger partial charge in [0, 0.05) is 33.7 Å². The molecule has 0 bridgehead atoms. The van der Waals surface area contributed by atoms with Crippen LogP contribution >= 0.6 is 34.9 Å². The van der Waals surface area contributed by atoms with Crippen LogP contribution in [0.5, 0.6) is 0 Å². The van der Waals surface area contributed by atoms with Gasteiger partial charge < -0.3 is 21.4 Å². The first-order valence-corrected chi connectivity index (χ1v) is 11.0. The van der Waals surface area contributed by atoms with Crippen molar-refractivity contribution >= 4 is 63.5 Å². The molecular formula is C17H14ClN7O5S2. The number of halogens is 1. The average Bonchev–Trinajstić information content (AvgIpc) is 3.19. The number of aliphatic carboxylic acids is 1. The number of nitrogens with zero attached hydrogens (tertiary/aromatic N) is 5. The first-order chi connectivity index (χ1) is 15.3. The zero-order valence-electron chi connectivity index (χ0n) is 15.9. The summed E-state index contributed by atoms with van der Waals surface area (Å²) in [4.78, 5) is 47.2. The van der Waals surface area contributed by atoms with Gasteiger partial charge in [-0.15, -0.1) is 0 Å². The van der Waals surface area contributed by atoms with Crippen molar-refractivity contribution in [3.05, 3.63) is 39.9 Å². The fraction of sp³-hybridized carbons (Fsp3) is 0.235. The van der Waals surface area contributed by atoms with Crippen LogP contribution in [0.4, 0.5) is 5.13 Å². The highest BCUT2D eigenvalue weighted by Gasteiger charge is 2.54. The normalized spacial score (nSPS) is 20.6. The number of thioether (sulfide) groups is 1. The van der Waals surface area contributed by atoms with Crippen molar-refractivity contribution in [1.82, 2.24) is 24.6 Å². The van der Waals surface area contributed by atoms with Crippen LogP contribution in [-0.4, -0.2) is 65.1 Å². The molecule has 15 heteroatoms. The SMILES string of the molecule is Nc1nc(/C(=N/O)C(=O)N[C@@H]2C(=O)N3C(C(=O)O)=C(Sc4cnccc4Cl)CC[C@H]23)ns1. The van der Waals surface area contributed by atoms with Gasteiger partial charge >= 0.3 is 5.97 Å². The lowest BCUT2D eigenvalue weighted by Crippen LogP contribution is -2.72. The fourth-order valence-electron chi connectivity index (χ4n) is 3.43. The van der Waals surface area contributed by atoms with Gasteiger partial charge in [0.25, 0.3) is 11.8 Å². The molecule has 0 unspecified atom stereocenters. The standard InChI is InChI=1S/C17H14ClN7O5S2/c18-6-3-4-20-5-9(6)31-8-2-1-7-10(15(27)25(7)12(8)16(28)29)21-14(26)11(23-30)13-22-17(19)32-24-13/h3-5,7,10,30H,1-2H2,(H,21,26)(H,28,29)(H2,19,22,24)/b23-11-/t7-,10+/m1/s1. The van der Waals surface area contributed by atoms with E-state index in [1.165, 1.54) is 12.4 Å². The van der Waals surface area contributed by atoms with E-state index in [0.29, 0.717) is 27.7 Å². The molecule has 1 fully saturated rings. The smallest absolute Gasteiger partial charge is 0.353 e. The first-order valence-electron chi connectivity index (χ1n) is 9.01. The van der Waals surface area contributed by atoms with Crippen molar-refractivity contribution < 1.29 is 24.7 Å². The highest BCUT2D eigenvalue weighted by atomic mass is 35.5. The van der Waals surface area contributed by atoms with Crippen molar-refractivity contribution in [2.45, 2.75) is 29.8 Å². The molecule has 2 aromatic rings. The van der Waals surface area contributed by atoms with Crippen molar-refractivity contribution in [3.63, 3.8) is 0 Å². The number of carbonyl (C=O) groups excluding carboxylic acids is 2. The number of carbonyl (C=O) groups is 3. The molecule has 1 saturated heterocycles. The Morgan fingerprint density at radius 3 is 2.84 bits per heavy atom. The van der Waals surface area contributed by atoms with Crippen molar-refractivity contribution in [3.8, 4) is 0 Å². The lowest BCUT2D eigenvalue weighted by molar-refractivity contribution is -0.155. The van der Waals surface area contributed by atoms with Crippen molar-refractivity contribution in [1.29, 1.82) is 0 Å². The molecule has 0 radical (unpaired) electrons. The topological polar surface area (TPSA) is 184 Å². The number of anilines is 1. The molecular weight excluding hydrogens is 482 g/mol. The quantitative estimate of drug-likeness (QED) is 0.194. The molecule has 4 rings (SSSR count). The largest absolute Gasteiger partial charge is 0.477 e. The molecule has 12 nitrogen and oxygen atoms in total. The predicted molar refractivity (Wildman–Crippen MR) is 114 cm³/mol. The van der Waals surface area contributed by atoms with Gasteiger partial charge in [0.2, 0.25) is 11.5 Å². The van der Waals surface area contributed by atoms with E-state index in [1.807, 2.05) is 0 Å². The van der Waals surface area contributed by atoms with Crippen LogP contribution in [0.3, 0.4) is 0 Å². The number of nitrogens with two attached hydrogens (primary N) is 1. The summed E-state index contributed by atoms with van der Waals surface area (Å²) in [6, 6.07) is 0.0277. The molecule has 2 atom stereocenters. The molecule has 2 aliphatic heterocycles. The summed E-state index contributed by atoms with van der Waals surface area (Å²) < 4.78 is 3.81. The van der Waals surface area contributed by atoms with Crippen LogP contribution in [0.2, 0.25) is 5.02 Å². The van der Waals surface area contributed by atoms with Gasteiger partial charge in [-0.25, -0.2) is 4.79 Å². The van der Waals surface area contributed by atoms with Gasteiger partial charge in [-0.05, 0) is 18.9 Å². The average molecular weight is 496 g/mol. The number of amides is 2. The second-order valence-electron chi connectivity index (χ2n) is 6.66. The van der Waals surface area contributed by atoms with E-state index >= 15 is 0 Å². The summed E-state index contributed by atoms with van der Waals surface area (Å²) in [5.41, 5.74) is 4.82. The number of allylic oxidation sites excluding steroid dienone is 1. The summed E-state index contributed by atoms with van der Waals surface area (Å²) in [5, 5.41) is 24.8. The molecule has 0 spiro atoms. The molecule has 32 heavy (non-hydrogen) atoms. The molecule has 0 saturated carbocycles. The molecule has 0 aliphatic carbocycles. The molecule has 4 heterocycles. The highest BCUT2D eigenvalue weighted by Crippen LogP contribution is 2.44. The predicted octanol–water partition coefficient (Wildman–Crippen LogP) is 0.925. The fourth-order valence-corrected chi connectivity index (χ4v) is 5.13. The van der Waals surface area contributed by atoms with E-state index < -0.39 is 35.6 Å². The van der Waals surface area contributed by atoms with Gasteiger partial charge in [0.15, 0.2) is 5.13 Å². The molecule has 0 aromatic carbocycles. The van der Waals surface area contributed by atoms with E-state index in [4.69, 9.17) is 17.3 Å². The summed E-state index contributed by atoms with van der Waals surface area (Å²) in [7, 11) is 0. The Morgan fingerprint density at radius 1 is 1.44 bits per heavy atom. The van der Waals surface area contributed by atoms with Crippen LogP contribution in [0.15, 0.2) is 39.1 Å². The number of nitrogens with one attached hydrogen (secondary N) is 1. The van der Waals surface area contributed by atoms with Crippen LogP contribution in [-0.2, 0) is 14.4 Å². The third-order valence-electron chi connectivity index (χ3n) is 4.82. The zero-order chi connectivity index (χ0) is 23.0. The number of fused-ring (bicyclic) bond motifs is 1. The summed E-state index contributed by atoms with van der Waals surface area (Å²) in [5.74, 6) is -2.93. The number of oxime groups is 1. The highest BCUT2D eigenvalue weighted by molar-refractivity contribution is 8.03. The Kier molecular flexibility index (Phi) is 5.99. The lowest BCUT2D eigenvalue weighted by Gasteiger charge is -2.50. The minimum Gasteiger partial charge on any atom is -0.477 e. The molecule has 2 aromatic heterocycles. The maximum atomic E-state index is 12.8. The third kappa shape index (κ3) is 3.87. The number of carboxylic acid groups (broad SMARTS) is 1. The molecule has 2 amide bonds. The Balaban J connectivity index is 1.54. The Labute approximate surface area is 193 Å². The number of hydrogen-bond acceptors (Lipinski definition) is 11. The van der Waals surface area contributed by atoms with Crippen LogP contribution in [0.25, 0.3) is 0 Å². The van der Waals surface area contributed by atoms with E-state index in [9.17, 15) is 24.7 Å². The Morgan fingerprint density at radius 2 is 2.22 bits per heavy atom. The van der Waals surface area contributed by atoms with Crippen LogP contribution in [0, 0.1) is 0 Å². The number of aromatic nitrogens is 3. The van der Waals surface area contributed by atoms with Gasteiger partial charge in [0.1, 0.15) is 11.7 Å². The number of hydrogen-bond donors (Lipinski definition) is 4.